The first-order valence-electron chi connectivity index (χ1n) is 16.1. The van der Waals surface area contributed by atoms with Crippen molar-refractivity contribution in [1.82, 2.24) is 0 Å². The van der Waals surface area contributed by atoms with Gasteiger partial charge in [-0.3, -0.25) is 0 Å². The summed E-state index contributed by atoms with van der Waals surface area (Å²) in [4.78, 5) is 0. The molecule has 242 valence electrons. The van der Waals surface area contributed by atoms with Crippen molar-refractivity contribution in [2.75, 3.05) is 0 Å². The monoisotopic (exact) mass is 694 g/mol. The van der Waals surface area contributed by atoms with Crippen LogP contribution in [-0.4, -0.2) is 0 Å². The maximum atomic E-state index is 14.4. The third kappa shape index (κ3) is 6.11. The van der Waals surface area contributed by atoms with Gasteiger partial charge in [-0.1, -0.05) is 121 Å². The van der Waals surface area contributed by atoms with E-state index in [9.17, 15) is 17.6 Å². The molecule has 0 aliphatic heterocycles. The molecule has 0 radical (unpaired) electrons. The number of hydrogen-bond acceptors (Lipinski definition) is 0. The lowest BCUT2D eigenvalue weighted by Crippen LogP contribution is -2.26. The van der Waals surface area contributed by atoms with Gasteiger partial charge in [0.1, 0.15) is 23.3 Å². The number of benzene rings is 8. The van der Waals surface area contributed by atoms with Crippen LogP contribution < -0.4 is 31.8 Å². The zero-order valence-corrected chi connectivity index (χ0v) is 28.4. The molecule has 0 unspecified atom stereocenters. The van der Waals surface area contributed by atoms with E-state index in [2.05, 4.69) is 48.5 Å². The van der Waals surface area contributed by atoms with Crippen molar-refractivity contribution >= 4 is 69.2 Å². The van der Waals surface area contributed by atoms with Crippen molar-refractivity contribution in [3.05, 3.63) is 193 Å². The summed E-state index contributed by atoms with van der Waals surface area (Å²) in [6, 6.07) is 51.4. The average Bonchev–Trinajstić information content (AvgIpc) is 3.15. The Bertz CT molecular complexity index is 2190. The van der Waals surface area contributed by atoms with Crippen LogP contribution in [0.15, 0.2) is 170 Å². The number of hydrogen-bond donors (Lipinski definition) is 0. The Kier molecular flexibility index (Phi) is 8.75. The Morgan fingerprint density at radius 1 is 0.280 bits per heavy atom. The lowest BCUT2D eigenvalue weighted by Gasteiger charge is -2.28. The van der Waals surface area contributed by atoms with Crippen LogP contribution in [0.25, 0.3) is 32.7 Å². The molecule has 50 heavy (non-hydrogen) atoms. The van der Waals surface area contributed by atoms with Crippen LogP contribution in [0.3, 0.4) is 0 Å². The van der Waals surface area contributed by atoms with E-state index in [1.807, 2.05) is 72.8 Å². The highest BCUT2D eigenvalue weighted by atomic mass is 31.1. The Morgan fingerprint density at radius 3 is 0.860 bits per heavy atom. The molecule has 0 heterocycles. The molecular formula is C44H28F4P2. The molecule has 0 aliphatic carbocycles. The summed E-state index contributed by atoms with van der Waals surface area (Å²) >= 11 is 0. The van der Waals surface area contributed by atoms with Gasteiger partial charge >= 0.3 is 0 Å². The van der Waals surface area contributed by atoms with Gasteiger partial charge in [0.2, 0.25) is 0 Å². The minimum Gasteiger partial charge on any atom is -0.207 e. The van der Waals surface area contributed by atoms with E-state index in [0.29, 0.717) is 0 Å². The quantitative estimate of drug-likeness (QED) is 0.115. The highest BCUT2D eigenvalue weighted by molar-refractivity contribution is 7.80. The molecule has 0 aromatic heterocycles. The molecule has 8 rings (SSSR count). The van der Waals surface area contributed by atoms with E-state index < -0.39 is 15.8 Å². The second kappa shape index (κ2) is 13.6. The molecule has 0 spiro atoms. The largest absolute Gasteiger partial charge is 0.207 e. The van der Waals surface area contributed by atoms with Crippen molar-refractivity contribution < 1.29 is 17.6 Å². The fourth-order valence-corrected chi connectivity index (χ4v) is 11.5. The Labute approximate surface area is 290 Å². The lowest BCUT2D eigenvalue weighted by molar-refractivity contribution is 0.628. The normalized spacial score (nSPS) is 11.6. The highest BCUT2D eigenvalue weighted by Gasteiger charge is 2.28. The van der Waals surface area contributed by atoms with E-state index >= 15 is 0 Å². The predicted octanol–water partition coefficient (Wildman–Crippen LogP) is 9.73. The Balaban J connectivity index is 1.51. The summed E-state index contributed by atoms with van der Waals surface area (Å²) in [5.74, 6) is -1.33. The van der Waals surface area contributed by atoms with Crippen molar-refractivity contribution in [3.63, 3.8) is 0 Å². The minimum atomic E-state index is -1.32. The van der Waals surface area contributed by atoms with Gasteiger partial charge in [0.25, 0.3) is 0 Å². The predicted molar refractivity (Wildman–Crippen MR) is 204 cm³/mol. The standard InChI is InChI=1S/C44H28F4P2/c45-31-11-19-35(20-12-31)49(36-21-13-32(46)14-22-36)41-27-9-29-5-1-3-7-39(29)43(41)44-40-8-4-2-6-30(40)10-28-42(44)50(37-23-15-33(47)16-24-37)38-25-17-34(48)18-26-38/h1-28H. The smallest absolute Gasteiger partial charge is 0.123 e. The van der Waals surface area contributed by atoms with E-state index in [1.54, 1.807) is 0 Å². The van der Waals surface area contributed by atoms with Gasteiger partial charge in [0.15, 0.2) is 0 Å². The third-order valence-electron chi connectivity index (χ3n) is 8.89. The number of halogens is 4. The summed E-state index contributed by atoms with van der Waals surface area (Å²) in [5.41, 5.74) is 2.04. The Hall–Kier alpha value is -5.14. The van der Waals surface area contributed by atoms with Crippen LogP contribution in [0.1, 0.15) is 0 Å². The van der Waals surface area contributed by atoms with Gasteiger partial charge in [-0.25, -0.2) is 17.6 Å². The van der Waals surface area contributed by atoms with E-state index in [4.69, 9.17) is 0 Å². The first-order chi connectivity index (χ1) is 24.4. The minimum absolute atomic E-state index is 0.331. The van der Waals surface area contributed by atoms with Gasteiger partial charge in [0.05, 0.1) is 0 Å². The maximum Gasteiger partial charge on any atom is 0.123 e. The first kappa shape index (κ1) is 32.1. The molecule has 0 saturated carbocycles. The molecule has 0 bridgehead atoms. The van der Waals surface area contributed by atoms with Crippen LogP contribution in [0, 0.1) is 23.3 Å². The van der Waals surface area contributed by atoms with Crippen molar-refractivity contribution in [3.8, 4) is 11.1 Å². The topological polar surface area (TPSA) is 0 Å². The van der Waals surface area contributed by atoms with Crippen molar-refractivity contribution in [2.24, 2.45) is 0 Å². The SMILES string of the molecule is Fc1ccc(P(c2ccc(F)cc2)c2ccc3ccccc3c2-c2c(P(c3ccc(F)cc3)c3ccc(F)cc3)ccc3ccccc23)cc1. The van der Waals surface area contributed by atoms with Crippen molar-refractivity contribution in [1.29, 1.82) is 0 Å². The van der Waals surface area contributed by atoms with Crippen LogP contribution in [0.2, 0.25) is 0 Å². The molecular weight excluding hydrogens is 666 g/mol. The average molecular weight is 695 g/mol. The number of rotatable bonds is 7. The number of fused-ring (bicyclic) bond motifs is 2. The van der Waals surface area contributed by atoms with E-state index in [0.717, 1.165) is 64.5 Å². The van der Waals surface area contributed by atoms with Gasteiger partial charge < -0.3 is 0 Å². The third-order valence-corrected chi connectivity index (χ3v) is 13.9. The van der Waals surface area contributed by atoms with E-state index in [-0.39, 0.29) is 23.3 Å². The fraction of sp³-hybridized carbons (Fsp3) is 0. The van der Waals surface area contributed by atoms with Gasteiger partial charge in [-0.15, -0.1) is 0 Å². The molecule has 0 fully saturated rings. The van der Waals surface area contributed by atoms with Gasteiger partial charge in [-0.05, 0) is 129 Å². The van der Waals surface area contributed by atoms with Gasteiger partial charge in [0, 0.05) is 0 Å². The molecule has 0 amide bonds. The second-order valence-electron chi connectivity index (χ2n) is 11.9. The van der Waals surface area contributed by atoms with E-state index in [1.165, 1.54) is 48.5 Å². The second-order valence-corrected chi connectivity index (χ2v) is 16.3. The summed E-state index contributed by atoms with van der Waals surface area (Å²) in [7, 11) is -2.64. The molecule has 0 N–H and O–H groups in total. The molecule has 0 saturated heterocycles. The van der Waals surface area contributed by atoms with Crippen LogP contribution in [0.5, 0.6) is 0 Å². The molecule has 8 aromatic rings. The summed E-state index contributed by atoms with van der Waals surface area (Å²) in [5, 5.41) is 9.91. The van der Waals surface area contributed by atoms with Crippen molar-refractivity contribution in [2.45, 2.75) is 0 Å². The zero-order chi connectivity index (χ0) is 34.2. The molecule has 0 aliphatic rings. The maximum absolute atomic E-state index is 14.4. The van der Waals surface area contributed by atoms with Crippen LogP contribution in [0.4, 0.5) is 17.6 Å². The molecule has 8 aromatic carbocycles. The van der Waals surface area contributed by atoms with Gasteiger partial charge in [-0.2, -0.15) is 0 Å². The molecule has 6 heteroatoms. The molecule has 0 atom stereocenters. The molecule has 0 nitrogen and oxygen atoms in total. The summed E-state index contributed by atoms with van der Waals surface area (Å²) in [6.45, 7) is 0. The lowest BCUT2D eigenvalue weighted by atomic mass is 9.93. The zero-order valence-electron chi connectivity index (χ0n) is 26.6. The fourth-order valence-electron chi connectivity index (χ4n) is 6.63. The summed E-state index contributed by atoms with van der Waals surface area (Å²) < 4.78 is 57.4. The van der Waals surface area contributed by atoms with Crippen LogP contribution >= 0.6 is 15.8 Å². The van der Waals surface area contributed by atoms with Crippen LogP contribution in [-0.2, 0) is 0 Å². The highest BCUT2D eigenvalue weighted by Crippen LogP contribution is 2.45. The first-order valence-corrected chi connectivity index (χ1v) is 18.8. The Morgan fingerprint density at radius 2 is 0.560 bits per heavy atom. The summed E-state index contributed by atoms with van der Waals surface area (Å²) in [6.07, 6.45) is 0.